The first-order chi connectivity index (χ1) is 6.21. The quantitative estimate of drug-likeness (QED) is 0.752. The monoisotopic (exact) mass is 195 g/mol. The van der Waals surface area contributed by atoms with Gasteiger partial charge in [0.1, 0.15) is 0 Å². The van der Waals surface area contributed by atoms with E-state index in [1.165, 1.54) is 0 Å². The van der Waals surface area contributed by atoms with Crippen LogP contribution in [0.25, 0.3) is 0 Å². The van der Waals surface area contributed by atoms with Gasteiger partial charge in [-0.3, -0.25) is 0 Å². The lowest BCUT2D eigenvalue weighted by Gasteiger charge is -2.39. The first-order valence-corrected chi connectivity index (χ1v) is 5.35. The van der Waals surface area contributed by atoms with Gasteiger partial charge in [0.25, 0.3) is 0 Å². The fourth-order valence-corrected chi connectivity index (χ4v) is 2.50. The van der Waals surface area contributed by atoms with Crippen molar-refractivity contribution in [2.75, 3.05) is 0 Å². The van der Waals surface area contributed by atoms with Gasteiger partial charge >= 0.3 is 0 Å². The SMILES string of the molecule is CCC(O)(C1CC1(C)C)C(C)(C)C#N. The van der Waals surface area contributed by atoms with Crippen molar-refractivity contribution in [3.05, 3.63) is 0 Å². The molecule has 2 nitrogen and oxygen atoms in total. The Balaban J connectivity index is 2.96. The topological polar surface area (TPSA) is 44.0 Å². The molecule has 2 atom stereocenters. The van der Waals surface area contributed by atoms with Crippen molar-refractivity contribution in [3.63, 3.8) is 0 Å². The number of hydrogen-bond donors (Lipinski definition) is 1. The summed E-state index contributed by atoms with van der Waals surface area (Å²) in [5, 5.41) is 19.7. The first-order valence-electron chi connectivity index (χ1n) is 5.35. The van der Waals surface area contributed by atoms with Crippen LogP contribution in [-0.2, 0) is 0 Å². The van der Waals surface area contributed by atoms with Crippen LogP contribution >= 0.6 is 0 Å². The summed E-state index contributed by atoms with van der Waals surface area (Å²) in [7, 11) is 0. The Morgan fingerprint density at radius 1 is 1.50 bits per heavy atom. The van der Waals surface area contributed by atoms with Crippen LogP contribution in [0.1, 0.15) is 47.5 Å². The highest BCUT2D eigenvalue weighted by atomic mass is 16.3. The van der Waals surface area contributed by atoms with E-state index < -0.39 is 11.0 Å². The number of aliphatic hydroxyl groups is 1. The van der Waals surface area contributed by atoms with Crippen molar-refractivity contribution in [1.82, 2.24) is 0 Å². The number of nitrogens with zero attached hydrogens (tertiary/aromatic N) is 1. The second kappa shape index (κ2) is 2.97. The fourth-order valence-electron chi connectivity index (χ4n) is 2.50. The van der Waals surface area contributed by atoms with Crippen LogP contribution in [0, 0.1) is 28.1 Å². The molecule has 0 amide bonds. The molecule has 14 heavy (non-hydrogen) atoms. The Morgan fingerprint density at radius 3 is 2.14 bits per heavy atom. The molecule has 0 bridgehead atoms. The normalized spacial score (nSPS) is 29.1. The third-order valence-electron chi connectivity index (χ3n) is 3.99. The second-order valence-electron chi connectivity index (χ2n) is 5.76. The Labute approximate surface area is 86.9 Å². The molecule has 2 heteroatoms. The molecule has 1 aliphatic rings. The van der Waals surface area contributed by atoms with Gasteiger partial charge in [0, 0.05) is 0 Å². The average Bonchev–Trinajstić information content (AvgIpc) is 2.74. The molecule has 2 unspecified atom stereocenters. The van der Waals surface area contributed by atoms with E-state index in [4.69, 9.17) is 5.26 Å². The zero-order chi connectivity index (χ0) is 11.2. The highest BCUT2D eigenvalue weighted by Gasteiger charge is 2.62. The Bertz CT molecular complexity index is 275. The summed E-state index contributed by atoms with van der Waals surface area (Å²) in [6.45, 7) is 9.96. The lowest BCUT2D eigenvalue weighted by molar-refractivity contribution is -0.0703. The molecular formula is C12H21NO. The summed E-state index contributed by atoms with van der Waals surface area (Å²) in [4.78, 5) is 0. The van der Waals surface area contributed by atoms with Crippen LogP contribution in [0.3, 0.4) is 0 Å². The molecule has 0 aromatic heterocycles. The van der Waals surface area contributed by atoms with E-state index in [0.29, 0.717) is 6.42 Å². The molecule has 0 aromatic rings. The highest BCUT2D eigenvalue weighted by Crippen LogP contribution is 2.62. The van der Waals surface area contributed by atoms with Crippen LogP contribution in [0.4, 0.5) is 0 Å². The molecule has 1 aliphatic carbocycles. The van der Waals surface area contributed by atoms with Crippen molar-refractivity contribution < 1.29 is 5.11 Å². The smallest absolute Gasteiger partial charge is 0.0858 e. The van der Waals surface area contributed by atoms with Crippen molar-refractivity contribution in [2.24, 2.45) is 16.7 Å². The van der Waals surface area contributed by atoms with Gasteiger partial charge in [0.15, 0.2) is 0 Å². The van der Waals surface area contributed by atoms with Crippen molar-refractivity contribution in [1.29, 1.82) is 5.26 Å². The van der Waals surface area contributed by atoms with Crippen LogP contribution in [0.5, 0.6) is 0 Å². The maximum absolute atomic E-state index is 10.6. The highest BCUT2D eigenvalue weighted by molar-refractivity contribution is 5.16. The number of hydrogen-bond acceptors (Lipinski definition) is 2. The Morgan fingerprint density at radius 2 is 1.93 bits per heavy atom. The van der Waals surface area contributed by atoms with Gasteiger partial charge in [-0.25, -0.2) is 0 Å². The Kier molecular flexibility index (Phi) is 2.44. The van der Waals surface area contributed by atoms with Gasteiger partial charge in [-0.2, -0.15) is 5.26 Å². The molecule has 0 aromatic carbocycles. The van der Waals surface area contributed by atoms with Crippen molar-refractivity contribution >= 4 is 0 Å². The van der Waals surface area contributed by atoms with Crippen molar-refractivity contribution in [3.8, 4) is 6.07 Å². The van der Waals surface area contributed by atoms with Gasteiger partial charge < -0.3 is 5.11 Å². The summed E-state index contributed by atoms with van der Waals surface area (Å²) in [6, 6.07) is 2.24. The van der Waals surface area contributed by atoms with E-state index in [0.717, 1.165) is 6.42 Å². The van der Waals surface area contributed by atoms with Gasteiger partial charge in [0.2, 0.25) is 0 Å². The minimum atomic E-state index is -0.828. The third-order valence-corrected chi connectivity index (χ3v) is 3.99. The second-order valence-corrected chi connectivity index (χ2v) is 5.76. The van der Waals surface area contributed by atoms with Crippen LogP contribution < -0.4 is 0 Å². The van der Waals surface area contributed by atoms with Gasteiger partial charge in [0.05, 0.1) is 17.1 Å². The summed E-state index contributed by atoms with van der Waals surface area (Å²) < 4.78 is 0. The maximum Gasteiger partial charge on any atom is 0.0858 e. The largest absolute Gasteiger partial charge is 0.388 e. The standard InChI is InChI=1S/C12H21NO/c1-6-12(14,11(4,5)8-13)9-7-10(9,2)3/h9,14H,6-7H2,1-5H3. The summed E-state index contributed by atoms with van der Waals surface area (Å²) in [5.41, 5.74) is -1.27. The summed E-state index contributed by atoms with van der Waals surface area (Å²) in [5.74, 6) is 0.273. The molecule has 0 radical (unpaired) electrons. The van der Waals surface area contributed by atoms with E-state index in [1.807, 2.05) is 20.8 Å². The minimum Gasteiger partial charge on any atom is -0.388 e. The van der Waals surface area contributed by atoms with Crippen LogP contribution in [0.2, 0.25) is 0 Å². The zero-order valence-electron chi connectivity index (χ0n) is 9.89. The summed E-state index contributed by atoms with van der Waals surface area (Å²) >= 11 is 0. The van der Waals surface area contributed by atoms with Crippen molar-refractivity contribution in [2.45, 2.75) is 53.1 Å². The van der Waals surface area contributed by atoms with Crippen LogP contribution in [-0.4, -0.2) is 10.7 Å². The van der Waals surface area contributed by atoms with Gasteiger partial charge in [-0.05, 0) is 38.0 Å². The molecule has 1 fully saturated rings. The van der Waals surface area contributed by atoms with Gasteiger partial charge in [-0.1, -0.05) is 20.8 Å². The minimum absolute atomic E-state index is 0.207. The number of nitriles is 1. The molecule has 0 saturated heterocycles. The molecule has 1 rings (SSSR count). The lowest BCUT2D eigenvalue weighted by atomic mass is 9.69. The molecule has 0 heterocycles. The fraction of sp³-hybridized carbons (Fsp3) is 0.917. The average molecular weight is 195 g/mol. The molecule has 1 N–H and O–H groups in total. The molecule has 1 saturated carbocycles. The first kappa shape index (κ1) is 11.5. The van der Waals surface area contributed by atoms with E-state index >= 15 is 0 Å². The molecule has 0 spiro atoms. The van der Waals surface area contributed by atoms with E-state index in [-0.39, 0.29) is 11.3 Å². The zero-order valence-corrected chi connectivity index (χ0v) is 9.89. The molecule has 80 valence electrons. The van der Waals surface area contributed by atoms with Crippen LogP contribution in [0.15, 0.2) is 0 Å². The maximum atomic E-state index is 10.6. The lowest BCUT2D eigenvalue weighted by Crippen LogP contribution is -2.46. The molecule has 0 aliphatic heterocycles. The predicted octanol–water partition coefficient (Wildman–Crippen LogP) is 2.72. The van der Waals surface area contributed by atoms with Gasteiger partial charge in [-0.15, -0.1) is 0 Å². The Hall–Kier alpha value is -0.550. The molecular weight excluding hydrogens is 174 g/mol. The van der Waals surface area contributed by atoms with E-state index in [1.54, 1.807) is 0 Å². The summed E-state index contributed by atoms with van der Waals surface area (Å²) in [6.07, 6.45) is 1.68. The predicted molar refractivity (Wildman–Crippen MR) is 56.5 cm³/mol. The number of rotatable bonds is 3. The van der Waals surface area contributed by atoms with E-state index in [2.05, 4.69) is 19.9 Å². The third kappa shape index (κ3) is 1.44. The van der Waals surface area contributed by atoms with E-state index in [9.17, 15) is 5.11 Å².